The fourth-order valence-electron chi connectivity index (χ4n) is 2.28. The number of hydrogen-bond acceptors (Lipinski definition) is 6. The van der Waals surface area contributed by atoms with Crippen molar-refractivity contribution in [1.82, 2.24) is 15.3 Å². The molecule has 0 aliphatic carbocycles. The quantitative estimate of drug-likeness (QED) is 0.897. The third kappa shape index (κ3) is 3.13. The Kier molecular flexibility index (Phi) is 4.01. The van der Waals surface area contributed by atoms with Crippen LogP contribution in [0.15, 0.2) is 24.4 Å². The lowest BCUT2D eigenvalue weighted by Crippen LogP contribution is -2.23. The lowest BCUT2D eigenvalue weighted by molar-refractivity contribution is 0.0955. The maximum atomic E-state index is 12.2. The van der Waals surface area contributed by atoms with E-state index in [9.17, 15) is 4.79 Å². The van der Waals surface area contributed by atoms with Gasteiger partial charge in [-0.1, -0.05) is 17.4 Å². The number of hydrogen-bond donors (Lipinski definition) is 2. The lowest BCUT2D eigenvalue weighted by Gasteiger charge is -2.11. The van der Waals surface area contributed by atoms with Crippen LogP contribution in [0.5, 0.6) is 0 Å². The van der Waals surface area contributed by atoms with Gasteiger partial charge in [0.05, 0.1) is 12.2 Å². The van der Waals surface area contributed by atoms with E-state index in [1.165, 1.54) is 24.2 Å². The zero-order valence-corrected chi connectivity index (χ0v) is 12.4. The van der Waals surface area contributed by atoms with Crippen LogP contribution in [-0.4, -0.2) is 29.0 Å². The van der Waals surface area contributed by atoms with E-state index in [1.807, 2.05) is 18.2 Å². The highest BCUT2D eigenvalue weighted by molar-refractivity contribution is 7.18. The Balaban J connectivity index is 1.67. The summed E-state index contributed by atoms with van der Waals surface area (Å²) in [5.74, 6) is 0.113. The number of aromatic nitrogens is 2. The molecule has 0 aromatic carbocycles. The second-order valence-corrected chi connectivity index (χ2v) is 5.89. The molecule has 1 amide bonds. The van der Waals surface area contributed by atoms with Crippen LogP contribution < -0.4 is 16.0 Å². The molecule has 1 fully saturated rings. The van der Waals surface area contributed by atoms with Gasteiger partial charge in [-0.05, 0) is 25.0 Å². The van der Waals surface area contributed by atoms with E-state index in [0.29, 0.717) is 17.2 Å². The van der Waals surface area contributed by atoms with Crippen molar-refractivity contribution in [2.45, 2.75) is 19.4 Å². The van der Waals surface area contributed by atoms with E-state index >= 15 is 0 Å². The van der Waals surface area contributed by atoms with Crippen LogP contribution in [-0.2, 0) is 6.54 Å². The van der Waals surface area contributed by atoms with Gasteiger partial charge in [0.2, 0.25) is 0 Å². The van der Waals surface area contributed by atoms with Crippen molar-refractivity contribution < 1.29 is 4.79 Å². The molecule has 3 heterocycles. The summed E-state index contributed by atoms with van der Waals surface area (Å²) in [6, 6.07) is 5.60. The molecule has 0 radical (unpaired) electrons. The van der Waals surface area contributed by atoms with Crippen LogP contribution in [0.25, 0.3) is 0 Å². The average Bonchev–Trinajstić information content (AvgIpc) is 3.15. The topological polar surface area (TPSA) is 84.1 Å². The maximum Gasteiger partial charge on any atom is 0.265 e. The van der Waals surface area contributed by atoms with Gasteiger partial charge in [0.25, 0.3) is 5.91 Å². The molecule has 21 heavy (non-hydrogen) atoms. The van der Waals surface area contributed by atoms with Crippen molar-refractivity contribution in [2.24, 2.45) is 0 Å². The summed E-state index contributed by atoms with van der Waals surface area (Å²) in [5.41, 5.74) is 6.69. The molecule has 6 nitrogen and oxygen atoms in total. The van der Waals surface area contributed by atoms with E-state index in [0.717, 1.165) is 23.9 Å². The van der Waals surface area contributed by atoms with Crippen LogP contribution in [0.2, 0.25) is 0 Å². The van der Waals surface area contributed by atoms with E-state index in [4.69, 9.17) is 5.73 Å². The van der Waals surface area contributed by atoms with Gasteiger partial charge in [-0.3, -0.25) is 9.78 Å². The Bertz CT molecular complexity index is 622. The van der Waals surface area contributed by atoms with Crippen molar-refractivity contribution >= 4 is 28.2 Å². The van der Waals surface area contributed by atoms with Gasteiger partial charge < -0.3 is 16.0 Å². The number of nitrogens with one attached hydrogen (secondary N) is 1. The molecule has 0 unspecified atom stereocenters. The molecule has 0 atom stereocenters. The summed E-state index contributed by atoms with van der Waals surface area (Å²) < 4.78 is 0. The van der Waals surface area contributed by atoms with Crippen molar-refractivity contribution in [3.63, 3.8) is 0 Å². The second kappa shape index (κ2) is 6.09. The summed E-state index contributed by atoms with van der Waals surface area (Å²) in [6.07, 6.45) is 4.04. The Hall–Kier alpha value is -2.15. The van der Waals surface area contributed by atoms with Gasteiger partial charge in [-0.15, -0.1) is 0 Å². The summed E-state index contributed by atoms with van der Waals surface area (Å²) in [7, 11) is 0. The second-order valence-electron chi connectivity index (χ2n) is 4.91. The molecule has 2 aromatic rings. The molecule has 0 saturated carbocycles. The first-order chi connectivity index (χ1) is 10.2. The molecule has 7 heteroatoms. The first-order valence-electron chi connectivity index (χ1n) is 6.93. The number of rotatable bonds is 4. The molecular formula is C14H17N5OS. The van der Waals surface area contributed by atoms with Gasteiger partial charge in [0.15, 0.2) is 5.13 Å². The number of carbonyl (C=O) groups is 1. The minimum absolute atomic E-state index is 0.193. The Morgan fingerprint density at radius 2 is 2.19 bits per heavy atom. The van der Waals surface area contributed by atoms with Crippen LogP contribution in [0, 0.1) is 0 Å². The average molecular weight is 303 g/mol. The molecule has 0 bridgehead atoms. The number of pyridine rings is 1. The van der Waals surface area contributed by atoms with Crippen molar-refractivity contribution in [3.8, 4) is 0 Å². The molecule has 1 aliphatic rings. The molecule has 110 valence electrons. The van der Waals surface area contributed by atoms with Crippen molar-refractivity contribution in [1.29, 1.82) is 0 Å². The number of nitrogens with two attached hydrogens (primary N) is 1. The monoisotopic (exact) mass is 303 g/mol. The predicted molar refractivity (Wildman–Crippen MR) is 83.4 cm³/mol. The number of carbonyl (C=O) groups excluding carboxylic acids is 1. The van der Waals surface area contributed by atoms with Crippen LogP contribution in [0.4, 0.5) is 10.9 Å². The number of anilines is 2. The molecule has 1 saturated heterocycles. The third-order valence-corrected chi connectivity index (χ3v) is 4.51. The number of nitrogens with zero attached hydrogens (tertiary/aromatic N) is 3. The highest BCUT2D eigenvalue weighted by Crippen LogP contribution is 2.30. The first-order valence-corrected chi connectivity index (χ1v) is 7.75. The summed E-state index contributed by atoms with van der Waals surface area (Å²) in [5, 5.41) is 3.67. The normalized spacial score (nSPS) is 14.4. The van der Waals surface area contributed by atoms with E-state index in [-0.39, 0.29) is 5.91 Å². The fourth-order valence-corrected chi connectivity index (χ4v) is 3.23. The highest BCUT2D eigenvalue weighted by Gasteiger charge is 2.21. The van der Waals surface area contributed by atoms with Gasteiger partial charge in [0, 0.05) is 19.3 Å². The Morgan fingerprint density at radius 1 is 1.38 bits per heavy atom. The van der Waals surface area contributed by atoms with Gasteiger partial charge in [-0.2, -0.15) is 0 Å². The summed E-state index contributed by atoms with van der Waals surface area (Å²) >= 11 is 1.36. The smallest absolute Gasteiger partial charge is 0.265 e. The fraction of sp³-hybridized carbons (Fsp3) is 0.357. The molecular weight excluding hydrogens is 286 g/mol. The zero-order valence-electron chi connectivity index (χ0n) is 11.6. The molecule has 2 aromatic heterocycles. The van der Waals surface area contributed by atoms with Crippen molar-refractivity contribution in [2.75, 3.05) is 23.7 Å². The largest absolute Gasteiger partial charge is 0.382 e. The minimum atomic E-state index is -0.193. The SMILES string of the molecule is Nc1nc(N2CCCC2)sc1C(=O)NCc1ccccn1. The molecule has 1 aliphatic heterocycles. The number of amides is 1. The van der Waals surface area contributed by atoms with Gasteiger partial charge >= 0.3 is 0 Å². The number of nitrogen functional groups attached to an aromatic ring is 1. The third-order valence-electron chi connectivity index (χ3n) is 3.38. The summed E-state index contributed by atoms with van der Waals surface area (Å²) in [6.45, 7) is 2.36. The van der Waals surface area contributed by atoms with E-state index in [2.05, 4.69) is 20.2 Å². The van der Waals surface area contributed by atoms with E-state index in [1.54, 1.807) is 6.20 Å². The highest BCUT2D eigenvalue weighted by atomic mass is 32.1. The summed E-state index contributed by atoms with van der Waals surface area (Å²) in [4.78, 5) is 23.3. The van der Waals surface area contributed by atoms with Crippen molar-refractivity contribution in [3.05, 3.63) is 35.0 Å². The van der Waals surface area contributed by atoms with E-state index < -0.39 is 0 Å². The van der Waals surface area contributed by atoms with Crippen LogP contribution in [0.3, 0.4) is 0 Å². The maximum absolute atomic E-state index is 12.2. The van der Waals surface area contributed by atoms with Gasteiger partial charge in [-0.25, -0.2) is 4.98 Å². The Morgan fingerprint density at radius 3 is 2.90 bits per heavy atom. The minimum Gasteiger partial charge on any atom is -0.382 e. The predicted octanol–water partition coefficient (Wildman–Crippen LogP) is 1.65. The molecule has 3 N–H and O–H groups in total. The standard InChI is InChI=1S/C14H17N5OS/c15-12-11(21-14(18-12)19-7-3-4-8-19)13(20)17-9-10-5-1-2-6-16-10/h1-2,5-6H,3-4,7-9,15H2,(H,17,20). The Labute approximate surface area is 127 Å². The van der Waals surface area contributed by atoms with Crippen LogP contribution >= 0.6 is 11.3 Å². The lowest BCUT2D eigenvalue weighted by atomic mass is 10.3. The first kappa shape index (κ1) is 13.8. The zero-order chi connectivity index (χ0) is 14.7. The molecule has 0 spiro atoms. The van der Waals surface area contributed by atoms with Crippen LogP contribution in [0.1, 0.15) is 28.2 Å². The molecule has 3 rings (SSSR count). The van der Waals surface area contributed by atoms with Gasteiger partial charge in [0.1, 0.15) is 10.7 Å². The number of thiazole rings is 1.